The summed E-state index contributed by atoms with van der Waals surface area (Å²) in [6.45, 7) is 1.97. The summed E-state index contributed by atoms with van der Waals surface area (Å²) in [6.07, 6.45) is 0. The molecule has 0 bridgehead atoms. The van der Waals surface area contributed by atoms with Crippen LogP contribution in [-0.4, -0.2) is 9.97 Å². The van der Waals surface area contributed by atoms with E-state index in [2.05, 4.69) is 20.9 Å². The second-order valence-corrected chi connectivity index (χ2v) is 4.53. The molecule has 0 unspecified atom stereocenters. The SMILES string of the molecule is Cc1[nH]c2ccc(Br)cc2c1C(N)=S. The molecule has 4 heteroatoms. The highest BCUT2D eigenvalue weighted by molar-refractivity contribution is 9.10. The molecule has 0 fully saturated rings. The number of nitrogens with two attached hydrogens (primary N) is 1. The number of nitrogens with one attached hydrogen (secondary N) is 1. The fourth-order valence-electron chi connectivity index (χ4n) is 1.62. The fraction of sp³-hybridized carbons (Fsp3) is 0.100. The molecule has 0 aliphatic heterocycles. The summed E-state index contributed by atoms with van der Waals surface area (Å²) < 4.78 is 1.03. The van der Waals surface area contributed by atoms with Gasteiger partial charge in [-0.25, -0.2) is 0 Å². The van der Waals surface area contributed by atoms with Gasteiger partial charge < -0.3 is 10.7 Å². The van der Waals surface area contributed by atoms with E-state index in [-0.39, 0.29) is 0 Å². The third kappa shape index (κ3) is 1.44. The van der Waals surface area contributed by atoms with Gasteiger partial charge in [-0.2, -0.15) is 0 Å². The second kappa shape index (κ2) is 3.37. The van der Waals surface area contributed by atoms with Gasteiger partial charge in [0.15, 0.2) is 0 Å². The summed E-state index contributed by atoms with van der Waals surface area (Å²) in [5, 5.41) is 1.07. The van der Waals surface area contributed by atoms with Crippen molar-refractivity contribution in [3.63, 3.8) is 0 Å². The Balaban J connectivity index is 2.86. The number of aryl methyl sites for hydroxylation is 1. The highest BCUT2D eigenvalue weighted by atomic mass is 79.9. The van der Waals surface area contributed by atoms with Crippen LogP contribution in [0.3, 0.4) is 0 Å². The second-order valence-electron chi connectivity index (χ2n) is 3.18. The van der Waals surface area contributed by atoms with E-state index in [4.69, 9.17) is 18.0 Å². The molecular formula is C10H9BrN2S. The number of benzene rings is 1. The number of aromatic amines is 1. The van der Waals surface area contributed by atoms with Gasteiger partial charge in [-0.05, 0) is 25.1 Å². The zero-order valence-corrected chi connectivity index (χ0v) is 10.00. The Morgan fingerprint density at radius 1 is 1.50 bits per heavy atom. The van der Waals surface area contributed by atoms with Crippen molar-refractivity contribution in [2.45, 2.75) is 6.92 Å². The molecule has 0 aliphatic rings. The molecule has 2 rings (SSSR count). The van der Waals surface area contributed by atoms with E-state index < -0.39 is 0 Å². The first-order valence-corrected chi connectivity index (χ1v) is 5.37. The minimum atomic E-state index is 0.437. The summed E-state index contributed by atoms with van der Waals surface area (Å²) >= 11 is 8.44. The molecule has 72 valence electrons. The molecule has 1 aromatic carbocycles. The highest BCUT2D eigenvalue weighted by Crippen LogP contribution is 2.25. The predicted molar refractivity (Wildman–Crippen MR) is 66.6 cm³/mol. The van der Waals surface area contributed by atoms with Gasteiger partial charge >= 0.3 is 0 Å². The van der Waals surface area contributed by atoms with Crippen LogP contribution in [0.1, 0.15) is 11.3 Å². The van der Waals surface area contributed by atoms with Crippen LogP contribution in [-0.2, 0) is 0 Å². The standard InChI is InChI=1S/C10H9BrN2S/c1-5-9(10(12)14)7-4-6(11)2-3-8(7)13-5/h2-4,13H,1H3,(H2,12,14). The normalized spacial score (nSPS) is 10.7. The maximum Gasteiger partial charge on any atom is 0.106 e. The lowest BCUT2D eigenvalue weighted by atomic mass is 10.1. The van der Waals surface area contributed by atoms with E-state index in [0.29, 0.717) is 4.99 Å². The van der Waals surface area contributed by atoms with Gasteiger partial charge in [-0.3, -0.25) is 0 Å². The number of rotatable bonds is 1. The van der Waals surface area contributed by atoms with Gasteiger partial charge in [0.2, 0.25) is 0 Å². The van der Waals surface area contributed by atoms with E-state index in [1.54, 1.807) is 0 Å². The number of halogens is 1. The Morgan fingerprint density at radius 3 is 2.86 bits per heavy atom. The van der Waals surface area contributed by atoms with Gasteiger partial charge in [0.05, 0.1) is 0 Å². The van der Waals surface area contributed by atoms with Crippen LogP contribution in [0.4, 0.5) is 0 Å². The molecule has 14 heavy (non-hydrogen) atoms. The zero-order valence-electron chi connectivity index (χ0n) is 7.60. The minimum absolute atomic E-state index is 0.437. The van der Waals surface area contributed by atoms with Crippen molar-refractivity contribution in [2.24, 2.45) is 5.73 Å². The van der Waals surface area contributed by atoms with E-state index in [1.807, 2.05) is 25.1 Å². The summed E-state index contributed by atoms with van der Waals surface area (Å²) in [5.41, 5.74) is 8.69. The molecule has 2 nitrogen and oxygen atoms in total. The Labute approximate surface area is 95.6 Å². The lowest BCUT2D eigenvalue weighted by Gasteiger charge is -1.97. The highest BCUT2D eigenvalue weighted by Gasteiger charge is 2.10. The van der Waals surface area contributed by atoms with Gasteiger partial charge in [-0.1, -0.05) is 28.1 Å². The van der Waals surface area contributed by atoms with Crippen molar-refractivity contribution in [3.8, 4) is 0 Å². The average molecular weight is 269 g/mol. The number of aromatic nitrogens is 1. The summed E-state index contributed by atoms with van der Waals surface area (Å²) in [6, 6.07) is 6.02. The summed E-state index contributed by atoms with van der Waals surface area (Å²) in [5.74, 6) is 0. The fourth-order valence-corrected chi connectivity index (χ4v) is 2.24. The summed E-state index contributed by atoms with van der Waals surface area (Å²) in [4.78, 5) is 3.68. The van der Waals surface area contributed by atoms with E-state index in [0.717, 1.165) is 26.6 Å². The molecule has 0 radical (unpaired) electrons. The first kappa shape index (κ1) is 9.68. The van der Waals surface area contributed by atoms with Crippen molar-refractivity contribution in [3.05, 3.63) is 33.9 Å². The molecule has 0 aliphatic carbocycles. The molecule has 0 atom stereocenters. The first-order chi connectivity index (χ1) is 6.59. The van der Waals surface area contributed by atoms with Crippen LogP contribution < -0.4 is 5.73 Å². The summed E-state index contributed by atoms with van der Waals surface area (Å²) in [7, 11) is 0. The lowest BCUT2D eigenvalue weighted by Crippen LogP contribution is -2.09. The minimum Gasteiger partial charge on any atom is -0.389 e. The molecule has 0 saturated heterocycles. The number of hydrogen-bond acceptors (Lipinski definition) is 1. The van der Waals surface area contributed by atoms with Crippen LogP contribution in [0.5, 0.6) is 0 Å². The molecule has 0 saturated carbocycles. The first-order valence-electron chi connectivity index (χ1n) is 4.17. The molecule has 1 heterocycles. The van der Waals surface area contributed by atoms with Gasteiger partial charge in [0.25, 0.3) is 0 Å². The molecule has 0 spiro atoms. The van der Waals surface area contributed by atoms with Crippen molar-refractivity contribution >= 4 is 44.0 Å². The molecule has 1 aromatic heterocycles. The van der Waals surface area contributed by atoms with E-state index >= 15 is 0 Å². The van der Waals surface area contributed by atoms with Gasteiger partial charge in [-0.15, -0.1) is 0 Å². The smallest absolute Gasteiger partial charge is 0.106 e. The Morgan fingerprint density at radius 2 is 2.21 bits per heavy atom. The largest absolute Gasteiger partial charge is 0.389 e. The van der Waals surface area contributed by atoms with Crippen LogP contribution in [0.15, 0.2) is 22.7 Å². The van der Waals surface area contributed by atoms with Crippen LogP contribution >= 0.6 is 28.1 Å². The van der Waals surface area contributed by atoms with Crippen molar-refractivity contribution in [2.75, 3.05) is 0 Å². The number of thiocarbonyl (C=S) groups is 1. The monoisotopic (exact) mass is 268 g/mol. The average Bonchev–Trinajstić information content (AvgIpc) is 2.40. The predicted octanol–water partition coefficient (Wildman–Crippen LogP) is 2.87. The lowest BCUT2D eigenvalue weighted by molar-refractivity contribution is 1.29. The number of fused-ring (bicyclic) bond motifs is 1. The van der Waals surface area contributed by atoms with E-state index in [9.17, 15) is 0 Å². The van der Waals surface area contributed by atoms with Crippen LogP contribution in [0.25, 0.3) is 10.9 Å². The maximum absolute atomic E-state index is 5.67. The molecular weight excluding hydrogens is 260 g/mol. The van der Waals surface area contributed by atoms with Crippen LogP contribution in [0, 0.1) is 6.92 Å². The number of H-pyrrole nitrogens is 1. The number of hydrogen-bond donors (Lipinski definition) is 2. The van der Waals surface area contributed by atoms with Crippen molar-refractivity contribution < 1.29 is 0 Å². The zero-order chi connectivity index (χ0) is 10.3. The third-order valence-electron chi connectivity index (χ3n) is 2.19. The Hall–Kier alpha value is -0.870. The molecule has 0 amide bonds. The quantitative estimate of drug-likeness (QED) is 0.782. The van der Waals surface area contributed by atoms with Gasteiger partial charge in [0.1, 0.15) is 4.99 Å². The Bertz CT molecular complexity index is 516. The molecule has 3 N–H and O–H groups in total. The maximum atomic E-state index is 5.67. The van der Waals surface area contributed by atoms with Crippen LogP contribution in [0.2, 0.25) is 0 Å². The van der Waals surface area contributed by atoms with Crippen molar-refractivity contribution in [1.29, 1.82) is 0 Å². The third-order valence-corrected chi connectivity index (χ3v) is 2.89. The van der Waals surface area contributed by atoms with Crippen molar-refractivity contribution in [1.82, 2.24) is 4.98 Å². The van der Waals surface area contributed by atoms with E-state index in [1.165, 1.54) is 0 Å². The topological polar surface area (TPSA) is 41.8 Å². The Kier molecular flexibility index (Phi) is 2.33. The molecule has 2 aromatic rings. The van der Waals surface area contributed by atoms with Gasteiger partial charge in [0, 0.05) is 26.6 Å².